The molecule has 2 fully saturated rings. The molecule has 0 aromatic rings. The second-order valence-electron chi connectivity index (χ2n) is 7.21. The van der Waals surface area contributed by atoms with Gasteiger partial charge in [0.05, 0.1) is 0 Å². The Hall–Kier alpha value is -1.06. The molecular weight excluding hydrogens is 268 g/mol. The molecule has 2 aliphatic carbocycles. The van der Waals surface area contributed by atoms with E-state index in [-0.39, 0.29) is 17.5 Å². The van der Waals surface area contributed by atoms with Crippen LogP contribution in [0.4, 0.5) is 0 Å². The molecule has 0 aromatic heterocycles. The molecule has 4 heteroatoms. The molecule has 2 bridgehead atoms. The fourth-order valence-electron chi connectivity index (χ4n) is 3.85. The minimum atomic E-state index is -0.833. The third-order valence-corrected chi connectivity index (χ3v) is 5.72. The van der Waals surface area contributed by atoms with Crippen LogP contribution in [0.1, 0.15) is 73.1 Å². The lowest BCUT2D eigenvalue weighted by atomic mass is 9.70. The Kier molecular flexibility index (Phi) is 5.83. The van der Waals surface area contributed by atoms with E-state index >= 15 is 0 Å². The summed E-state index contributed by atoms with van der Waals surface area (Å²) in [7, 11) is 0. The summed E-state index contributed by atoms with van der Waals surface area (Å²) in [5, 5.41) is 7.42. The van der Waals surface area contributed by atoms with Crippen molar-refractivity contribution in [2.75, 3.05) is 0 Å². The first-order chi connectivity index (χ1) is 9.65. The molecule has 0 radical (unpaired) electrons. The SMILES string of the molecule is CC(=O)O.CCCCC(=O)OC1CC2CCC1(C)C2(C)C. The second-order valence-corrected chi connectivity index (χ2v) is 7.21. The number of fused-ring (bicyclic) bond motifs is 2. The van der Waals surface area contributed by atoms with Gasteiger partial charge in [0.25, 0.3) is 5.97 Å². The molecule has 0 saturated heterocycles. The van der Waals surface area contributed by atoms with E-state index in [1.54, 1.807) is 0 Å². The summed E-state index contributed by atoms with van der Waals surface area (Å²) < 4.78 is 5.75. The van der Waals surface area contributed by atoms with E-state index < -0.39 is 5.97 Å². The maximum absolute atomic E-state index is 11.8. The average molecular weight is 298 g/mol. The fourth-order valence-corrected chi connectivity index (χ4v) is 3.85. The summed E-state index contributed by atoms with van der Waals surface area (Å²) in [5.41, 5.74) is 0.544. The smallest absolute Gasteiger partial charge is 0.306 e. The normalized spacial score (nSPS) is 32.2. The van der Waals surface area contributed by atoms with Gasteiger partial charge < -0.3 is 9.84 Å². The predicted molar refractivity (Wildman–Crippen MR) is 81.9 cm³/mol. The predicted octanol–water partition coefficient (Wildman–Crippen LogP) is 4.03. The van der Waals surface area contributed by atoms with Gasteiger partial charge in [-0.25, -0.2) is 0 Å². The van der Waals surface area contributed by atoms with Crippen molar-refractivity contribution in [3.05, 3.63) is 0 Å². The standard InChI is InChI=1S/C15H26O2.C2H4O2/c1-5-6-7-13(16)17-12-10-11-8-9-15(12,4)14(11,2)3;1-2(3)4/h11-12H,5-10H2,1-4H3;1H3,(H,3,4). The number of carbonyl (C=O) groups excluding carboxylic acids is 1. The highest BCUT2D eigenvalue weighted by atomic mass is 16.5. The van der Waals surface area contributed by atoms with E-state index in [1.165, 1.54) is 12.8 Å². The van der Waals surface area contributed by atoms with Crippen molar-refractivity contribution in [3.8, 4) is 0 Å². The van der Waals surface area contributed by atoms with Crippen molar-refractivity contribution in [1.29, 1.82) is 0 Å². The minimum absolute atomic E-state index is 0.0152. The summed E-state index contributed by atoms with van der Waals surface area (Å²) in [6, 6.07) is 0. The Morgan fingerprint density at radius 2 is 1.86 bits per heavy atom. The van der Waals surface area contributed by atoms with Gasteiger partial charge in [-0.05, 0) is 37.0 Å². The van der Waals surface area contributed by atoms with Crippen LogP contribution >= 0.6 is 0 Å². The number of hydrogen-bond acceptors (Lipinski definition) is 3. The van der Waals surface area contributed by atoms with Gasteiger partial charge in [0.2, 0.25) is 0 Å². The van der Waals surface area contributed by atoms with Gasteiger partial charge in [0.15, 0.2) is 0 Å². The lowest BCUT2D eigenvalue weighted by Crippen LogP contribution is -2.38. The number of carbonyl (C=O) groups is 2. The van der Waals surface area contributed by atoms with Crippen LogP contribution in [0, 0.1) is 16.7 Å². The lowest BCUT2D eigenvalue weighted by Gasteiger charge is -2.38. The van der Waals surface area contributed by atoms with Crippen LogP contribution in [-0.4, -0.2) is 23.1 Å². The number of carboxylic acid groups (broad SMARTS) is 1. The molecule has 21 heavy (non-hydrogen) atoms. The second kappa shape index (κ2) is 6.80. The van der Waals surface area contributed by atoms with Gasteiger partial charge in [0, 0.05) is 18.8 Å². The van der Waals surface area contributed by atoms with Crippen molar-refractivity contribution < 1.29 is 19.4 Å². The van der Waals surface area contributed by atoms with E-state index in [0.717, 1.165) is 32.1 Å². The maximum Gasteiger partial charge on any atom is 0.306 e. The van der Waals surface area contributed by atoms with Crippen LogP contribution in [0.2, 0.25) is 0 Å². The molecule has 0 heterocycles. The van der Waals surface area contributed by atoms with E-state index in [1.807, 2.05) is 0 Å². The summed E-state index contributed by atoms with van der Waals surface area (Å²) in [6.45, 7) is 10.2. The third-order valence-electron chi connectivity index (χ3n) is 5.72. The van der Waals surface area contributed by atoms with Gasteiger partial charge in [-0.15, -0.1) is 0 Å². The zero-order chi connectivity index (χ0) is 16.3. The first-order valence-corrected chi connectivity index (χ1v) is 8.04. The van der Waals surface area contributed by atoms with Crippen molar-refractivity contribution in [3.63, 3.8) is 0 Å². The number of unbranched alkanes of at least 4 members (excludes halogenated alkanes) is 1. The van der Waals surface area contributed by atoms with E-state index in [0.29, 0.717) is 11.8 Å². The monoisotopic (exact) mass is 298 g/mol. The number of carboxylic acids is 1. The van der Waals surface area contributed by atoms with Gasteiger partial charge in [-0.2, -0.15) is 0 Å². The zero-order valence-electron chi connectivity index (χ0n) is 14.1. The van der Waals surface area contributed by atoms with Gasteiger partial charge >= 0.3 is 5.97 Å². The number of rotatable bonds is 4. The highest BCUT2D eigenvalue weighted by Crippen LogP contribution is 2.66. The summed E-state index contributed by atoms with van der Waals surface area (Å²) >= 11 is 0. The van der Waals surface area contributed by atoms with Crippen LogP contribution in [0.3, 0.4) is 0 Å². The van der Waals surface area contributed by atoms with Gasteiger partial charge in [0.1, 0.15) is 6.10 Å². The molecule has 3 unspecified atom stereocenters. The topological polar surface area (TPSA) is 63.6 Å². The van der Waals surface area contributed by atoms with Crippen LogP contribution in [0.5, 0.6) is 0 Å². The highest BCUT2D eigenvalue weighted by Gasteiger charge is 2.62. The Balaban J connectivity index is 0.000000491. The summed E-state index contributed by atoms with van der Waals surface area (Å²) in [5.74, 6) is -0.0714. The number of esters is 1. The van der Waals surface area contributed by atoms with Crippen LogP contribution < -0.4 is 0 Å². The molecule has 2 saturated carbocycles. The maximum atomic E-state index is 11.8. The van der Waals surface area contributed by atoms with Crippen LogP contribution in [0.25, 0.3) is 0 Å². The Bertz CT molecular complexity index is 384. The van der Waals surface area contributed by atoms with Crippen LogP contribution in [-0.2, 0) is 14.3 Å². The lowest BCUT2D eigenvalue weighted by molar-refractivity contribution is -0.157. The first-order valence-electron chi connectivity index (χ1n) is 8.04. The first kappa shape index (κ1) is 18.0. The van der Waals surface area contributed by atoms with Crippen molar-refractivity contribution in [1.82, 2.24) is 0 Å². The molecule has 4 nitrogen and oxygen atoms in total. The van der Waals surface area contributed by atoms with Crippen LogP contribution in [0.15, 0.2) is 0 Å². The fraction of sp³-hybridized carbons (Fsp3) is 0.882. The van der Waals surface area contributed by atoms with Crippen molar-refractivity contribution >= 4 is 11.9 Å². The average Bonchev–Trinajstić information content (AvgIpc) is 2.69. The molecule has 1 N–H and O–H groups in total. The summed E-state index contributed by atoms with van der Waals surface area (Å²) in [6.07, 6.45) is 6.39. The third kappa shape index (κ3) is 3.78. The molecule has 0 aromatic carbocycles. The molecule has 2 aliphatic rings. The van der Waals surface area contributed by atoms with E-state index in [2.05, 4.69) is 27.7 Å². The van der Waals surface area contributed by atoms with Crippen molar-refractivity contribution in [2.24, 2.45) is 16.7 Å². The summed E-state index contributed by atoms with van der Waals surface area (Å²) in [4.78, 5) is 20.8. The molecule has 0 amide bonds. The zero-order valence-corrected chi connectivity index (χ0v) is 14.1. The van der Waals surface area contributed by atoms with E-state index in [4.69, 9.17) is 14.6 Å². The molecule has 2 rings (SSSR count). The molecule has 0 aliphatic heterocycles. The molecular formula is C17H30O4. The number of hydrogen-bond donors (Lipinski definition) is 1. The van der Waals surface area contributed by atoms with Crippen molar-refractivity contribution in [2.45, 2.75) is 79.2 Å². The molecule has 122 valence electrons. The van der Waals surface area contributed by atoms with Gasteiger partial charge in [-0.1, -0.05) is 34.1 Å². The van der Waals surface area contributed by atoms with E-state index in [9.17, 15) is 4.79 Å². The Morgan fingerprint density at radius 3 is 2.24 bits per heavy atom. The number of ether oxygens (including phenoxy) is 1. The molecule has 3 atom stereocenters. The Morgan fingerprint density at radius 1 is 1.29 bits per heavy atom. The number of aliphatic carboxylic acids is 1. The Labute approximate surface area is 128 Å². The largest absolute Gasteiger partial charge is 0.481 e. The minimum Gasteiger partial charge on any atom is -0.481 e. The molecule has 0 spiro atoms. The highest BCUT2D eigenvalue weighted by molar-refractivity contribution is 5.69. The quantitative estimate of drug-likeness (QED) is 0.796. The van der Waals surface area contributed by atoms with Gasteiger partial charge in [-0.3, -0.25) is 9.59 Å².